The third-order valence-electron chi connectivity index (χ3n) is 12.5. The van der Waals surface area contributed by atoms with Crippen molar-refractivity contribution in [3.63, 3.8) is 0 Å². The van der Waals surface area contributed by atoms with Gasteiger partial charge in [-0.3, -0.25) is 29.8 Å². The zero-order chi connectivity index (χ0) is 57.5. The van der Waals surface area contributed by atoms with E-state index in [0.29, 0.717) is 23.5 Å². The van der Waals surface area contributed by atoms with Gasteiger partial charge in [0, 0.05) is 35.4 Å². The molecule has 0 aliphatic carbocycles. The molecule has 0 fully saturated rings. The van der Waals surface area contributed by atoms with Gasteiger partial charge in [-0.05, 0) is 115 Å². The summed E-state index contributed by atoms with van der Waals surface area (Å²) in [5, 5.41) is 48.9. The van der Waals surface area contributed by atoms with Crippen LogP contribution in [0.4, 0.5) is 37.7 Å². The molecule has 0 N–H and O–H groups in total. The standard InChI is InChI=1S/2C26H21NO3P.C8H3BF6O3/c2*28-26(21-16-18-22(19-17-21)27(29)30)20-31(23-10-4-1-5-11-23,24-12-6-2-7-13-24)25-14-8-3-9-15-25;10-7(11,12)4-1-5(8(13,14)15)3-6(2-4)18-9(16)17/h2*1-19H,20H2;1-3H/q2*+1;-2. The average molecular weight is 1120 g/mol. The number of ketones is 2. The Kier molecular flexibility index (Phi) is 19.4. The minimum Gasteiger partial charge on any atom is -0.860 e. The van der Waals surface area contributed by atoms with Crippen molar-refractivity contribution in [1.29, 1.82) is 0 Å². The first-order valence-corrected chi connectivity index (χ1v) is 28.1. The highest BCUT2D eigenvalue weighted by Crippen LogP contribution is 2.57. The molecule has 0 saturated heterocycles. The number of hydrogen-bond donors (Lipinski definition) is 0. The summed E-state index contributed by atoms with van der Waals surface area (Å²) < 4.78 is 77.5. The molecular formula is C60H45BF6N2O9P2. The maximum atomic E-state index is 13.5. The van der Waals surface area contributed by atoms with E-state index in [2.05, 4.69) is 77.5 Å². The van der Waals surface area contributed by atoms with Crippen LogP contribution < -0.4 is 46.5 Å². The Morgan fingerprint density at radius 3 is 0.838 bits per heavy atom. The number of halogens is 6. The van der Waals surface area contributed by atoms with E-state index in [1.165, 1.54) is 24.3 Å². The number of rotatable bonds is 16. The number of non-ortho nitro benzene ring substituents is 2. The molecule has 0 aromatic heterocycles. The highest BCUT2D eigenvalue weighted by atomic mass is 31.2. The van der Waals surface area contributed by atoms with Crippen LogP contribution in [0, 0.1) is 20.2 Å². The van der Waals surface area contributed by atoms with Crippen LogP contribution in [-0.2, 0) is 12.4 Å². The number of benzene rings is 9. The van der Waals surface area contributed by atoms with Crippen molar-refractivity contribution < 1.29 is 60.5 Å². The summed E-state index contributed by atoms with van der Waals surface area (Å²) in [4.78, 5) is 48.1. The predicted octanol–water partition coefficient (Wildman–Crippen LogP) is 10.4. The SMILES string of the molecule is O=C(C[P+](c1ccccc1)(c1ccccc1)c1ccccc1)c1ccc([N+](=O)[O-])cc1.O=C(C[P+](c1ccccc1)(c1ccccc1)c1ccccc1)c1ccc([N+](=O)[O-])cc1.[O-]B([O-])Oc1cc(C(F)(F)F)cc(C(F)(F)F)c1. The summed E-state index contributed by atoms with van der Waals surface area (Å²) in [6.45, 7) is 0. The van der Waals surface area contributed by atoms with E-state index in [-0.39, 0.29) is 41.1 Å². The second-order valence-electron chi connectivity index (χ2n) is 17.6. The molecule has 11 nitrogen and oxygen atoms in total. The number of nitro groups is 2. The quantitative estimate of drug-likeness (QED) is 0.0228. The van der Waals surface area contributed by atoms with Gasteiger partial charge in [-0.2, -0.15) is 26.3 Å². The fourth-order valence-corrected chi connectivity index (χ4v) is 17.0. The lowest BCUT2D eigenvalue weighted by Gasteiger charge is -2.27. The minimum absolute atomic E-state index is 0.0215. The molecular weight excluding hydrogens is 1080 g/mol. The Hall–Kier alpha value is -8.66. The van der Waals surface area contributed by atoms with Crippen molar-refractivity contribution in [3.05, 3.63) is 291 Å². The average Bonchev–Trinajstić information content (AvgIpc) is 3.64. The highest BCUT2D eigenvalue weighted by molar-refractivity contribution is 7.96. The van der Waals surface area contributed by atoms with Crippen molar-refractivity contribution in [1.82, 2.24) is 0 Å². The lowest BCUT2D eigenvalue weighted by molar-refractivity contribution is -0.385. The van der Waals surface area contributed by atoms with E-state index in [0.717, 1.165) is 31.8 Å². The Bertz CT molecular complexity index is 3080. The largest absolute Gasteiger partial charge is 0.860 e. The van der Waals surface area contributed by atoms with Gasteiger partial charge in [0.1, 0.15) is 66.0 Å². The molecule has 404 valence electrons. The van der Waals surface area contributed by atoms with E-state index in [1.54, 1.807) is 24.3 Å². The highest BCUT2D eigenvalue weighted by Gasteiger charge is 2.49. The van der Waals surface area contributed by atoms with Crippen LogP contribution in [0.5, 0.6) is 5.75 Å². The summed E-state index contributed by atoms with van der Waals surface area (Å²) >= 11 is 0. The number of alkyl halides is 6. The first kappa shape index (κ1) is 59.0. The van der Waals surface area contributed by atoms with Gasteiger partial charge < -0.3 is 14.7 Å². The van der Waals surface area contributed by atoms with Gasteiger partial charge in [-0.15, -0.1) is 0 Å². The molecule has 0 atom stereocenters. The number of nitrogens with zero attached hydrogens (tertiary/aromatic N) is 2. The Morgan fingerprint density at radius 2 is 0.637 bits per heavy atom. The van der Waals surface area contributed by atoms with Crippen molar-refractivity contribution in [2.24, 2.45) is 0 Å². The smallest absolute Gasteiger partial charge is 0.416 e. The van der Waals surface area contributed by atoms with Gasteiger partial charge in [0.2, 0.25) is 11.6 Å². The van der Waals surface area contributed by atoms with Crippen LogP contribution in [0.2, 0.25) is 0 Å². The first-order chi connectivity index (χ1) is 38.2. The number of carbonyl (C=O) groups excluding carboxylic acids is 2. The van der Waals surface area contributed by atoms with Crippen molar-refractivity contribution in [2.75, 3.05) is 12.3 Å². The molecule has 0 unspecified atom stereocenters. The summed E-state index contributed by atoms with van der Waals surface area (Å²) in [5.74, 6) is -1.13. The monoisotopic (exact) mass is 1120 g/mol. The van der Waals surface area contributed by atoms with E-state index < -0.39 is 60.9 Å². The van der Waals surface area contributed by atoms with E-state index in [4.69, 9.17) is 0 Å². The molecule has 0 heterocycles. The molecule has 20 heteroatoms. The molecule has 9 aromatic rings. The van der Waals surface area contributed by atoms with Crippen molar-refractivity contribution in [2.45, 2.75) is 12.4 Å². The number of hydrogen-bond acceptors (Lipinski definition) is 9. The van der Waals surface area contributed by atoms with Crippen molar-refractivity contribution >= 4 is 76.6 Å². The Balaban J connectivity index is 0.000000180. The topological polar surface area (TPSA) is 176 Å². The lowest BCUT2D eigenvalue weighted by atomic mass is 10.1. The molecule has 0 aliphatic heterocycles. The second kappa shape index (κ2) is 26.3. The van der Waals surface area contributed by atoms with Gasteiger partial charge in [-0.25, -0.2) is 0 Å². The molecule has 0 spiro atoms. The molecule has 80 heavy (non-hydrogen) atoms. The Labute approximate surface area is 457 Å². The molecule has 9 rings (SSSR count). The van der Waals surface area contributed by atoms with Gasteiger partial charge in [-0.1, -0.05) is 109 Å². The molecule has 0 amide bonds. The van der Waals surface area contributed by atoms with Crippen LogP contribution in [-0.4, -0.2) is 41.1 Å². The van der Waals surface area contributed by atoms with Crippen LogP contribution in [0.1, 0.15) is 31.8 Å². The van der Waals surface area contributed by atoms with Gasteiger partial charge in [0.25, 0.3) is 11.4 Å². The summed E-state index contributed by atoms with van der Waals surface area (Å²) in [6, 6.07) is 73.0. The van der Waals surface area contributed by atoms with Crippen LogP contribution in [0.3, 0.4) is 0 Å². The zero-order valence-corrected chi connectivity index (χ0v) is 43.7. The maximum Gasteiger partial charge on any atom is 0.416 e. The third-order valence-corrected chi connectivity index (χ3v) is 21.1. The Morgan fingerprint density at radius 1 is 0.400 bits per heavy atom. The van der Waals surface area contributed by atoms with Gasteiger partial charge in [0.05, 0.1) is 26.7 Å². The molecule has 0 bridgehead atoms. The van der Waals surface area contributed by atoms with Crippen LogP contribution in [0.25, 0.3) is 0 Å². The summed E-state index contributed by atoms with van der Waals surface area (Å²) in [5.41, 5.74) is -2.39. The minimum atomic E-state index is -5.05. The molecule has 0 aliphatic rings. The zero-order valence-electron chi connectivity index (χ0n) is 41.9. The van der Waals surface area contributed by atoms with Crippen LogP contribution >= 0.6 is 14.5 Å². The summed E-state index contributed by atoms with van der Waals surface area (Å²) in [6.07, 6.45) is -9.49. The molecule has 0 radical (unpaired) electrons. The lowest BCUT2D eigenvalue weighted by Crippen LogP contribution is -2.50. The maximum absolute atomic E-state index is 13.5. The predicted molar refractivity (Wildman–Crippen MR) is 298 cm³/mol. The van der Waals surface area contributed by atoms with E-state index >= 15 is 0 Å². The number of nitro benzene ring substituents is 2. The molecule has 0 saturated carbocycles. The fourth-order valence-electron chi connectivity index (χ4n) is 8.79. The van der Waals surface area contributed by atoms with E-state index in [9.17, 15) is 66.2 Å². The fraction of sp³-hybridized carbons (Fsp3) is 0.0667. The number of carbonyl (C=O) groups is 2. The van der Waals surface area contributed by atoms with Crippen LogP contribution in [0.15, 0.2) is 249 Å². The normalized spacial score (nSPS) is 11.4. The summed E-state index contributed by atoms with van der Waals surface area (Å²) in [7, 11) is -7.60. The van der Waals surface area contributed by atoms with Gasteiger partial charge in [0.15, 0.2) is 0 Å². The van der Waals surface area contributed by atoms with Gasteiger partial charge >= 0.3 is 12.4 Å². The third kappa shape index (κ3) is 14.5. The van der Waals surface area contributed by atoms with E-state index in [1.807, 2.05) is 109 Å². The second-order valence-corrected chi connectivity index (χ2v) is 24.5. The van der Waals surface area contributed by atoms with Crippen molar-refractivity contribution in [3.8, 4) is 5.75 Å². The number of Topliss-reactive ketones (excluding diaryl/α,β-unsaturated/α-hetero) is 2. The first-order valence-electron chi connectivity index (χ1n) is 24.2. The molecule has 9 aromatic carbocycles.